The third kappa shape index (κ3) is 2.47. The number of ether oxygens (including phenoxy) is 2. The van der Waals surface area contributed by atoms with Gasteiger partial charge in [0.25, 0.3) is 0 Å². The summed E-state index contributed by atoms with van der Waals surface area (Å²) in [5, 5.41) is 4.23. The lowest BCUT2D eigenvalue weighted by Crippen LogP contribution is -2.45. The number of hydrogen-bond donors (Lipinski definition) is 2. The Morgan fingerprint density at radius 3 is 2.82 bits per heavy atom. The number of methoxy groups -OCH3 is 1. The molecule has 1 aromatic rings. The summed E-state index contributed by atoms with van der Waals surface area (Å²) in [5.74, 6) is 1.13. The molecule has 6 heteroatoms. The van der Waals surface area contributed by atoms with Crippen LogP contribution >= 0.6 is 11.5 Å². The molecule has 1 saturated carbocycles. The van der Waals surface area contributed by atoms with Crippen LogP contribution in [-0.2, 0) is 4.74 Å². The second-order valence-corrected chi connectivity index (χ2v) is 5.03. The van der Waals surface area contributed by atoms with Gasteiger partial charge in [0.2, 0.25) is 0 Å². The molecular formula is C11H19N3O2S. The lowest BCUT2D eigenvalue weighted by Gasteiger charge is -2.40. The number of nitrogens with zero attached hydrogens (tertiary/aromatic N) is 1. The van der Waals surface area contributed by atoms with Crippen LogP contribution in [0.25, 0.3) is 0 Å². The molecule has 1 aliphatic carbocycles. The minimum Gasteiger partial charge on any atom is -0.487 e. The fraction of sp³-hybridized carbons (Fsp3) is 0.727. The first-order chi connectivity index (χ1) is 8.21. The van der Waals surface area contributed by atoms with Crippen molar-refractivity contribution < 1.29 is 9.47 Å². The molecule has 5 nitrogen and oxygen atoms in total. The van der Waals surface area contributed by atoms with E-state index in [1.54, 1.807) is 7.11 Å². The Balaban J connectivity index is 1.98. The van der Waals surface area contributed by atoms with Crippen LogP contribution < -0.4 is 15.8 Å². The van der Waals surface area contributed by atoms with Crippen molar-refractivity contribution in [3.63, 3.8) is 0 Å². The van der Waals surface area contributed by atoms with Crippen molar-refractivity contribution in [2.75, 3.05) is 31.3 Å². The van der Waals surface area contributed by atoms with Gasteiger partial charge in [-0.15, -0.1) is 0 Å². The summed E-state index contributed by atoms with van der Waals surface area (Å²) in [7, 11) is 1.77. The maximum atomic E-state index is 5.75. The number of nitrogens with one attached hydrogen (secondary N) is 1. The van der Waals surface area contributed by atoms with Gasteiger partial charge in [-0.05, 0) is 37.7 Å². The van der Waals surface area contributed by atoms with Crippen molar-refractivity contribution in [1.82, 2.24) is 4.37 Å². The monoisotopic (exact) mass is 257 g/mol. The molecule has 0 amide bonds. The lowest BCUT2D eigenvalue weighted by molar-refractivity contribution is -0.0600. The van der Waals surface area contributed by atoms with E-state index >= 15 is 0 Å². The molecule has 0 unspecified atom stereocenters. The van der Waals surface area contributed by atoms with Gasteiger partial charge in [-0.3, -0.25) is 0 Å². The predicted octanol–water partition coefficient (Wildman–Crippen LogP) is 2.10. The van der Waals surface area contributed by atoms with Crippen LogP contribution in [0.2, 0.25) is 0 Å². The molecule has 17 heavy (non-hydrogen) atoms. The zero-order valence-corrected chi connectivity index (χ0v) is 11.1. The SMILES string of the molecule is CCOc1c(N)nsc1NCC1(OC)CCC1. The summed E-state index contributed by atoms with van der Waals surface area (Å²) < 4.78 is 15.1. The highest BCUT2D eigenvalue weighted by Gasteiger charge is 2.37. The highest BCUT2D eigenvalue weighted by Crippen LogP contribution is 2.39. The first-order valence-corrected chi connectivity index (χ1v) is 6.65. The van der Waals surface area contributed by atoms with Gasteiger partial charge < -0.3 is 20.5 Å². The normalized spacial score (nSPS) is 17.5. The second kappa shape index (κ2) is 5.10. The first kappa shape index (κ1) is 12.4. The van der Waals surface area contributed by atoms with Gasteiger partial charge in [-0.25, -0.2) is 0 Å². The van der Waals surface area contributed by atoms with Crippen LogP contribution in [-0.4, -0.2) is 30.2 Å². The molecule has 0 aromatic carbocycles. The number of anilines is 2. The van der Waals surface area contributed by atoms with Crippen LogP contribution in [0.1, 0.15) is 26.2 Å². The lowest BCUT2D eigenvalue weighted by atomic mass is 9.80. The molecule has 1 aliphatic rings. The fourth-order valence-corrected chi connectivity index (χ4v) is 2.61. The number of aromatic nitrogens is 1. The van der Waals surface area contributed by atoms with Crippen LogP contribution in [0, 0.1) is 0 Å². The van der Waals surface area contributed by atoms with E-state index in [1.807, 2.05) is 6.92 Å². The van der Waals surface area contributed by atoms with Crippen LogP contribution in [0.4, 0.5) is 10.8 Å². The predicted molar refractivity (Wildman–Crippen MR) is 69.8 cm³/mol. The Hall–Kier alpha value is -1.01. The number of nitrogens with two attached hydrogens (primary N) is 1. The van der Waals surface area contributed by atoms with Crippen molar-refractivity contribution in [2.24, 2.45) is 0 Å². The molecule has 1 heterocycles. The number of hydrogen-bond acceptors (Lipinski definition) is 6. The van der Waals surface area contributed by atoms with E-state index in [0.29, 0.717) is 18.2 Å². The minimum absolute atomic E-state index is 0.0117. The highest BCUT2D eigenvalue weighted by molar-refractivity contribution is 7.11. The molecule has 1 fully saturated rings. The molecule has 1 aromatic heterocycles. The summed E-state index contributed by atoms with van der Waals surface area (Å²) in [5.41, 5.74) is 5.74. The zero-order valence-electron chi connectivity index (χ0n) is 10.3. The summed E-state index contributed by atoms with van der Waals surface area (Å²) in [6, 6.07) is 0. The van der Waals surface area contributed by atoms with Crippen molar-refractivity contribution in [3.8, 4) is 5.75 Å². The Morgan fingerprint density at radius 1 is 1.53 bits per heavy atom. The van der Waals surface area contributed by atoms with Crippen molar-refractivity contribution in [3.05, 3.63) is 0 Å². The summed E-state index contributed by atoms with van der Waals surface area (Å²) in [4.78, 5) is 0. The van der Waals surface area contributed by atoms with E-state index in [0.717, 1.165) is 24.4 Å². The van der Waals surface area contributed by atoms with Gasteiger partial charge in [0, 0.05) is 13.7 Å². The van der Waals surface area contributed by atoms with Gasteiger partial charge in [0.1, 0.15) is 0 Å². The van der Waals surface area contributed by atoms with Crippen LogP contribution in [0.5, 0.6) is 5.75 Å². The second-order valence-electron chi connectivity index (χ2n) is 4.25. The van der Waals surface area contributed by atoms with E-state index in [9.17, 15) is 0 Å². The van der Waals surface area contributed by atoms with Crippen molar-refractivity contribution in [2.45, 2.75) is 31.8 Å². The molecular weight excluding hydrogens is 238 g/mol. The molecule has 0 atom stereocenters. The standard InChI is InChI=1S/C11H19N3O2S/c1-3-16-8-9(12)14-17-10(8)13-7-11(15-2)5-4-6-11/h13H,3-7H2,1-2H3,(H2,12,14). The third-order valence-corrected chi connectivity index (χ3v) is 4.03. The average Bonchev–Trinajstić information content (AvgIpc) is 2.61. The third-order valence-electron chi connectivity index (χ3n) is 3.23. The van der Waals surface area contributed by atoms with Crippen molar-refractivity contribution in [1.29, 1.82) is 0 Å². The first-order valence-electron chi connectivity index (χ1n) is 5.88. The number of rotatable bonds is 6. The topological polar surface area (TPSA) is 69.4 Å². The molecule has 2 rings (SSSR count). The van der Waals surface area contributed by atoms with E-state index < -0.39 is 0 Å². The summed E-state index contributed by atoms with van der Waals surface area (Å²) in [6.07, 6.45) is 3.45. The van der Waals surface area contributed by atoms with Crippen LogP contribution in [0.15, 0.2) is 0 Å². The molecule has 0 aliphatic heterocycles. The molecule has 0 bridgehead atoms. The maximum Gasteiger partial charge on any atom is 0.197 e. The van der Waals surface area contributed by atoms with E-state index in [-0.39, 0.29) is 5.60 Å². The Kier molecular flexibility index (Phi) is 3.73. The Labute approximate surface area is 105 Å². The molecule has 0 saturated heterocycles. The van der Waals surface area contributed by atoms with Gasteiger partial charge in [0.05, 0.1) is 12.2 Å². The quantitative estimate of drug-likeness (QED) is 0.816. The largest absolute Gasteiger partial charge is 0.487 e. The van der Waals surface area contributed by atoms with Gasteiger partial charge >= 0.3 is 0 Å². The Bertz CT molecular complexity index is 371. The van der Waals surface area contributed by atoms with Crippen LogP contribution in [0.3, 0.4) is 0 Å². The molecule has 0 spiro atoms. The molecule has 3 N–H and O–H groups in total. The van der Waals surface area contributed by atoms with Gasteiger partial charge in [-0.1, -0.05) is 0 Å². The van der Waals surface area contributed by atoms with Crippen molar-refractivity contribution >= 4 is 22.4 Å². The minimum atomic E-state index is -0.0117. The maximum absolute atomic E-state index is 5.75. The highest BCUT2D eigenvalue weighted by atomic mass is 32.1. The fourth-order valence-electron chi connectivity index (χ4n) is 1.96. The van der Waals surface area contributed by atoms with E-state index in [2.05, 4.69) is 9.69 Å². The summed E-state index contributed by atoms with van der Waals surface area (Å²) >= 11 is 1.34. The Morgan fingerprint density at radius 2 is 2.29 bits per heavy atom. The molecule has 0 radical (unpaired) electrons. The van der Waals surface area contributed by atoms with E-state index in [4.69, 9.17) is 15.2 Å². The molecule has 96 valence electrons. The van der Waals surface area contributed by atoms with Gasteiger partial charge in [0.15, 0.2) is 16.6 Å². The average molecular weight is 257 g/mol. The zero-order chi connectivity index (χ0) is 12.3. The van der Waals surface area contributed by atoms with Gasteiger partial charge in [-0.2, -0.15) is 4.37 Å². The summed E-state index contributed by atoms with van der Waals surface area (Å²) in [6.45, 7) is 3.31. The van der Waals surface area contributed by atoms with E-state index in [1.165, 1.54) is 18.0 Å². The number of nitrogen functional groups attached to an aromatic ring is 1. The smallest absolute Gasteiger partial charge is 0.197 e.